The largest absolute Gasteiger partial charge is 0.427 e. The summed E-state index contributed by atoms with van der Waals surface area (Å²) in [4.78, 5) is 10.6. The lowest BCUT2D eigenvalue weighted by atomic mass is 10.1. The van der Waals surface area contributed by atoms with Gasteiger partial charge in [-0.1, -0.05) is 12.1 Å². The average molecular weight is 241 g/mol. The van der Waals surface area contributed by atoms with E-state index in [9.17, 15) is 4.79 Å². The molecule has 0 aliphatic heterocycles. The van der Waals surface area contributed by atoms with Gasteiger partial charge in [-0.3, -0.25) is 4.79 Å². The maximum atomic E-state index is 10.6. The van der Waals surface area contributed by atoms with Crippen molar-refractivity contribution < 1.29 is 9.53 Å². The average Bonchev–Trinajstić information content (AvgIpc) is 2.18. The summed E-state index contributed by atoms with van der Waals surface area (Å²) in [6.07, 6.45) is 0.271. The highest BCUT2D eigenvalue weighted by atomic mass is 35.5. The van der Waals surface area contributed by atoms with Crippen LogP contribution in [0.1, 0.15) is 24.9 Å². The third-order valence-corrected chi connectivity index (χ3v) is 1.88. The van der Waals surface area contributed by atoms with E-state index in [1.54, 1.807) is 24.3 Å². The van der Waals surface area contributed by atoms with Gasteiger partial charge in [0.1, 0.15) is 5.75 Å². The smallest absolute Gasteiger partial charge is 0.308 e. The van der Waals surface area contributed by atoms with Crippen molar-refractivity contribution in [1.29, 1.82) is 5.26 Å². The van der Waals surface area contributed by atoms with E-state index in [0.29, 0.717) is 5.75 Å². The lowest BCUT2D eigenvalue weighted by Crippen LogP contribution is -2.09. The van der Waals surface area contributed by atoms with Crippen molar-refractivity contribution >= 4 is 18.4 Å². The van der Waals surface area contributed by atoms with E-state index in [1.165, 1.54) is 6.92 Å². The zero-order valence-corrected chi connectivity index (χ0v) is 9.66. The van der Waals surface area contributed by atoms with Crippen molar-refractivity contribution in [3.63, 3.8) is 0 Å². The lowest BCUT2D eigenvalue weighted by molar-refractivity contribution is -0.131. The molecular formula is C11H13ClN2O2. The Balaban J connectivity index is 0.00000225. The van der Waals surface area contributed by atoms with Gasteiger partial charge >= 0.3 is 5.97 Å². The molecule has 1 aromatic rings. The number of nitrogens with two attached hydrogens (primary N) is 1. The molecule has 2 N–H and O–H groups in total. The molecule has 86 valence electrons. The molecule has 0 aliphatic carbocycles. The minimum absolute atomic E-state index is 0. The Morgan fingerprint density at radius 2 is 2.06 bits per heavy atom. The van der Waals surface area contributed by atoms with Gasteiger partial charge in [-0.15, -0.1) is 12.4 Å². The zero-order chi connectivity index (χ0) is 11.3. The molecular weight excluding hydrogens is 228 g/mol. The van der Waals surface area contributed by atoms with Gasteiger partial charge in [0.25, 0.3) is 0 Å². The van der Waals surface area contributed by atoms with Gasteiger partial charge < -0.3 is 10.5 Å². The van der Waals surface area contributed by atoms with E-state index < -0.39 is 0 Å². The molecule has 0 unspecified atom stereocenters. The number of carbonyl (C=O) groups is 1. The van der Waals surface area contributed by atoms with Crippen LogP contribution in [0.15, 0.2) is 24.3 Å². The van der Waals surface area contributed by atoms with E-state index in [-0.39, 0.29) is 30.8 Å². The molecule has 1 rings (SSSR count). The van der Waals surface area contributed by atoms with Crippen LogP contribution in [-0.2, 0) is 4.79 Å². The molecule has 1 aromatic carbocycles. The van der Waals surface area contributed by atoms with Gasteiger partial charge in [0.2, 0.25) is 0 Å². The number of hydrogen-bond acceptors (Lipinski definition) is 4. The second-order valence-electron chi connectivity index (χ2n) is 3.13. The third-order valence-electron chi connectivity index (χ3n) is 1.88. The van der Waals surface area contributed by atoms with Crippen molar-refractivity contribution in [1.82, 2.24) is 0 Å². The first kappa shape index (κ1) is 14.4. The minimum atomic E-state index is -0.357. The fourth-order valence-corrected chi connectivity index (χ4v) is 1.17. The highest BCUT2D eigenvalue weighted by Crippen LogP contribution is 2.18. The second kappa shape index (κ2) is 6.83. The lowest BCUT2D eigenvalue weighted by Gasteiger charge is -2.08. The maximum absolute atomic E-state index is 10.6. The van der Waals surface area contributed by atoms with Crippen LogP contribution in [-0.4, -0.2) is 5.97 Å². The standard InChI is InChI=1S/C11H12N2O2.ClH/c1-8(14)15-10-4-2-9(3-5-10)11(13)6-7-12;/h2-5,11H,6,13H2,1H3;1H/t11-;/m0./s1. The third kappa shape index (κ3) is 4.30. The van der Waals surface area contributed by atoms with Crippen molar-refractivity contribution in [2.75, 3.05) is 0 Å². The Morgan fingerprint density at radius 3 is 2.50 bits per heavy atom. The number of nitriles is 1. The molecule has 0 amide bonds. The molecule has 0 saturated carbocycles. The van der Waals surface area contributed by atoms with Crippen LogP contribution in [0.2, 0.25) is 0 Å². The molecule has 4 nitrogen and oxygen atoms in total. The van der Waals surface area contributed by atoms with Crippen molar-refractivity contribution in [3.05, 3.63) is 29.8 Å². The van der Waals surface area contributed by atoms with Crippen LogP contribution in [0.25, 0.3) is 0 Å². The van der Waals surface area contributed by atoms with Gasteiger partial charge in [-0.2, -0.15) is 5.26 Å². The zero-order valence-electron chi connectivity index (χ0n) is 8.84. The predicted octanol–water partition coefficient (Wildman–Crippen LogP) is 1.95. The molecule has 0 heterocycles. The summed E-state index contributed by atoms with van der Waals surface area (Å²) in [5, 5.41) is 8.47. The molecule has 0 bridgehead atoms. The van der Waals surface area contributed by atoms with E-state index in [0.717, 1.165) is 5.56 Å². The Morgan fingerprint density at radius 1 is 1.50 bits per heavy atom. The maximum Gasteiger partial charge on any atom is 0.308 e. The topological polar surface area (TPSA) is 76.1 Å². The Hall–Kier alpha value is -1.57. The van der Waals surface area contributed by atoms with Crippen LogP contribution in [0.3, 0.4) is 0 Å². The molecule has 0 radical (unpaired) electrons. The molecule has 0 spiro atoms. The molecule has 16 heavy (non-hydrogen) atoms. The Kier molecular flexibility index (Phi) is 6.16. The van der Waals surface area contributed by atoms with Crippen molar-refractivity contribution in [2.24, 2.45) is 5.73 Å². The molecule has 5 heteroatoms. The molecule has 0 saturated heterocycles. The number of carbonyl (C=O) groups excluding carboxylic acids is 1. The summed E-state index contributed by atoms with van der Waals surface area (Å²) in [6, 6.07) is 8.53. The van der Waals surface area contributed by atoms with Crippen LogP contribution in [0.4, 0.5) is 0 Å². The van der Waals surface area contributed by atoms with Gasteiger partial charge in [-0.05, 0) is 17.7 Å². The fraction of sp³-hybridized carbons (Fsp3) is 0.273. The Labute approximate surface area is 100 Å². The number of ether oxygens (including phenoxy) is 1. The SMILES string of the molecule is CC(=O)Oc1ccc([C@@H](N)CC#N)cc1.Cl. The normalized spacial score (nSPS) is 10.8. The van der Waals surface area contributed by atoms with Gasteiger partial charge in [0.05, 0.1) is 12.5 Å². The van der Waals surface area contributed by atoms with E-state index in [4.69, 9.17) is 15.7 Å². The number of halogens is 1. The van der Waals surface area contributed by atoms with Gasteiger partial charge in [-0.25, -0.2) is 0 Å². The highest BCUT2D eigenvalue weighted by Gasteiger charge is 2.05. The quantitative estimate of drug-likeness (QED) is 0.647. The summed E-state index contributed by atoms with van der Waals surface area (Å²) < 4.78 is 4.86. The minimum Gasteiger partial charge on any atom is -0.427 e. The summed E-state index contributed by atoms with van der Waals surface area (Å²) in [5.74, 6) is 0.125. The number of rotatable bonds is 3. The predicted molar refractivity (Wildman–Crippen MR) is 62.2 cm³/mol. The monoisotopic (exact) mass is 240 g/mol. The first-order valence-corrected chi connectivity index (χ1v) is 4.54. The summed E-state index contributed by atoms with van der Waals surface area (Å²) in [6.45, 7) is 1.34. The van der Waals surface area contributed by atoms with E-state index >= 15 is 0 Å². The van der Waals surface area contributed by atoms with Crippen molar-refractivity contribution in [2.45, 2.75) is 19.4 Å². The highest BCUT2D eigenvalue weighted by molar-refractivity contribution is 5.85. The van der Waals surface area contributed by atoms with Crippen LogP contribution >= 0.6 is 12.4 Å². The summed E-state index contributed by atoms with van der Waals surface area (Å²) >= 11 is 0. The first-order chi connectivity index (χ1) is 7.13. The number of benzene rings is 1. The fourth-order valence-electron chi connectivity index (χ4n) is 1.17. The Bertz CT molecular complexity index is 384. The van der Waals surface area contributed by atoms with E-state index in [1.807, 2.05) is 6.07 Å². The molecule has 0 aromatic heterocycles. The number of esters is 1. The molecule has 0 aliphatic rings. The number of hydrogen-bond donors (Lipinski definition) is 1. The summed E-state index contributed by atoms with van der Waals surface area (Å²) in [7, 11) is 0. The second-order valence-corrected chi connectivity index (χ2v) is 3.13. The molecule has 1 atom stereocenters. The number of nitrogens with zero attached hydrogens (tertiary/aromatic N) is 1. The van der Waals surface area contributed by atoms with Crippen LogP contribution in [0.5, 0.6) is 5.75 Å². The summed E-state index contributed by atoms with van der Waals surface area (Å²) in [5.41, 5.74) is 6.58. The van der Waals surface area contributed by atoms with Gasteiger partial charge in [0.15, 0.2) is 0 Å². The van der Waals surface area contributed by atoms with Crippen LogP contribution in [0, 0.1) is 11.3 Å². The first-order valence-electron chi connectivity index (χ1n) is 4.54. The van der Waals surface area contributed by atoms with Crippen LogP contribution < -0.4 is 10.5 Å². The van der Waals surface area contributed by atoms with E-state index in [2.05, 4.69) is 0 Å². The van der Waals surface area contributed by atoms with Gasteiger partial charge in [0, 0.05) is 13.0 Å². The van der Waals surface area contributed by atoms with Crippen molar-refractivity contribution in [3.8, 4) is 11.8 Å². The molecule has 0 fully saturated rings.